The molecule has 0 unspecified atom stereocenters. The summed E-state index contributed by atoms with van der Waals surface area (Å²) in [4.78, 5) is 4.67. The first kappa shape index (κ1) is 13.7. The molecular formula is C13H26N2O. The molecular weight excluding hydrogens is 200 g/mol. The fourth-order valence-electron chi connectivity index (χ4n) is 2.45. The van der Waals surface area contributed by atoms with Gasteiger partial charge in [-0.05, 0) is 33.9 Å². The quantitative estimate of drug-likeness (QED) is 0.717. The van der Waals surface area contributed by atoms with Crippen LogP contribution in [-0.4, -0.2) is 60.8 Å². The molecule has 1 N–H and O–H groups in total. The molecule has 0 radical (unpaired) electrons. The lowest BCUT2D eigenvalue weighted by Crippen LogP contribution is -2.35. The van der Waals surface area contributed by atoms with Crippen LogP contribution in [0.4, 0.5) is 0 Å². The number of aliphatic hydroxyl groups excluding tert-OH is 1. The van der Waals surface area contributed by atoms with Gasteiger partial charge in [-0.25, -0.2) is 0 Å². The third-order valence-electron chi connectivity index (χ3n) is 3.45. The molecule has 1 saturated heterocycles. The molecule has 2 atom stereocenters. The number of allylic oxidation sites excluding steroid dienone is 1. The van der Waals surface area contributed by atoms with Gasteiger partial charge in [0.2, 0.25) is 0 Å². The van der Waals surface area contributed by atoms with Gasteiger partial charge in [-0.1, -0.05) is 18.6 Å². The fraction of sp³-hybridized carbons (Fsp3) is 0.846. The molecule has 3 nitrogen and oxygen atoms in total. The van der Waals surface area contributed by atoms with E-state index in [2.05, 4.69) is 43.8 Å². The second-order valence-electron chi connectivity index (χ2n) is 5.08. The summed E-state index contributed by atoms with van der Waals surface area (Å²) in [7, 11) is 4.24. The van der Waals surface area contributed by atoms with Gasteiger partial charge in [0, 0.05) is 25.2 Å². The Hall–Kier alpha value is -0.380. The van der Waals surface area contributed by atoms with Gasteiger partial charge in [-0.15, -0.1) is 0 Å². The van der Waals surface area contributed by atoms with Crippen molar-refractivity contribution in [3.63, 3.8) is 0 Å². The van der Waals surface area contributed by atoms with E-state index in [-0.39, 0.29) is 6.61 Å². The Bertz CT molecular complexity index is 238. The summed E-state index contributed by atoms with van der Waals surface area (Å²) < 4.78 is 0. The standard InChI is InChI=1S/C13H26N2O/c1-5-6-11(2)8-15-9-12(14(3)4)7-13(15)10-16/h6,12-13,16H,5,7-10H2,1-4H3/t12-,13+/m1/s1. The van der Waals surface area contributed by atoms with Crippen LogP contribution in [0.15, 0.2) is 11.6 Å². The van der Waals surface area contributed by atoms with Gasteiger partial charge >= 0.3 is 0 Å². The molecule has 0 amide bonds. The summed E-state index contributed by atoms with van der Waals surface area (Å²) in [5.41, 5.74) is 1.42. The zero-order valence-electron chi connectivity index (χ0n) is 11.1. The topological polar surface area (TPSA) is 26.7 Å². The van der Waals surface area contributed by atoms with Gasteiger partial charge in [0.1, 0.15) is 0 Å². The Balaban J connectivity index is 2.55. The van der Waals surface area contributed by atoms with Crippen LogP contribution in [0.1, 0.15) is 26.7 Å². The van der Waals surface area contributed by atoms with Crippen LogP contribution in [0.5, 0.6) is 0 Å². The van der Waals surface area contributed by atoms with Gasteiger partial charge in [-0.2, -0.15) is 0 Å². The lowest BCUT2D eigenvalue weighted by atomic mass is 10.1. The average Bonchev–Trinajstić information content (AvgIpc) is 2.61. The Kier molecular flexibility index (Phi) is 5.46. The molecule has 0 aromatic carbocycles. The number of nitrogens with zero attached hydrogens (tertiary/aromatic N) is 2. The minimum atomic E-state index is 0.281. The molecule has 0 aliphatic carbocycles. The predicted molar refractivity (Wildman–Crippen MR) is 68.6 cm³/mol. The molecule has 0 aromatic rings. The van der Waals surface area contributed by atoms with Crippen LogP contribution in [-0.2, 0) is 0 Å². The van der Waals surface area contributed by atoms with Crippen molar-refractivity contribution in [2.24, 2.45) is 0 Å². The van der Waals surface area contributed by atoms with E-state index in [1.165, 1.54) is 5.57 Å². The maximum absolute atomic E-state index is 9.40. The van der Waals surface area contributed by atoms with E-state index in [1.807, 2.05) is 0 Å². The van der Waals surface area contributed by atoms with Gasteiger partial charge in [-0.3, -0.25) is 4.90 Å². The Morgan fingerprint density at radius 1 is 1.50 bits per heavy atom. The smallest absolute Gasteiger partial charge is 0.0587 e. The Labute approximate surface area is 99.7 Å². The number of likely N-dealkylation sites (tertiary alicyclic amines) is 1. The van der Waals surface area contributed by atoms with Gasteiger partial charge in [0.05, 0.1) is 6.61 Å². The number of likely N-dealkylation sites (N-methyl/N-ethyl adjacent to an activating group) is 1. The molecule has 1 rings (SSSR count). The largest absolute Gasteiger partial charge is 0.395 e. The molecule has 3 heteroatoms. The first-order valence-corrected chi connectivity index (χ1v) is 6.25. The highest BCUT2D eigenvalue weighted by atomic mass is 16.3. The molecule has 16 heavy (non-hydrogen) atoms. The molecule has 1 aliphatic rings. The summed E-state index contributed by atoms with van der Waals surface area (Å²) in [5.74, 6) is 0. The first-order valence-electron chi connectivity index (χ1n) is 6.25. The van der Waals surface area contributed by atoms with E-state index in [0.717, 1.165) is 25.9 Å². The van der Waals surface area contributed by atoms with Crippen molar-refractivity contribution < 1.29 is 5.11 Å². The average molecular weight is 226 g/mol. The minimum Gasteiger partial charge on any atom is -0.395 e. The summed E-state index contributed by atoms with van der Waals surface area (Å²) in [6.07, 6.45) is 4.46. The predicted octanol–water partition coefficient (Wildman–Crippen LogP) is 1.34. The van der Waals surface area contributed by atoms with Crippen LogP contribution in [0.25, 0.3) is 0 Å². The van der Waals surface area contributed by atoms with Crippen molar-refractivity contribution in [3.05, 3.63) is 11.6 Å². The molecule has 1 aliphatic heterocycles. The van der Waals surface area contributed by atoms with E-state index in [0.29, 0.717) is 12.1 Å². The van der Waals surface area contributed by atoms with Crippen LogP contribution in [0, 0.1) is 0 Å². The highest BCUT2D eigenvalue weighted by Crippen LogP contribution is 2.21. The highest BCUT2D eigenvalue weighted by molar-refractivity contribution is 5.03. The van der Waals surface area contributed by atoms with E-state index >= 15 is 0 Å². The minimum absolute atomic E-state index is 0.281. The number of hydrogen-bond donors (Lipinski definition) is 1. The lowest BCUT2D eigenvalue weighted by Gasteiger charge is -2.23. The maximum atomic E-state index is 9.40. The number of rotatable bonds is 5. The fourth-order valence-corrected chi connectivity index (χ4v) is 2.45. The van der Waals surface area contributed by atoms with Crippen molar-refractivity contribution in [1.29, 1.82) is 0 Å². The van der Waals surface area contributed by atoms with Crippen molar-refractivity contribution in [2.75, 3.05) is 33.8 Å². The molecule has 1 heterocycles. The van der Waals surface area contributed by atoms with Gasteiger partial charge in [0.15, 0.2) is 0 Å². The van der Waals surface area contributed by atoms with Crippen molar-refractivity contribution in [3.8, 4) is 0 Å². The Morgan fingerprint density at radius 2 is 2.19 bits per heavy atom. The SMILES string of the molecule is CCC=C(C)CN1C[C@H](N(C)C)C[C@H]1CO. The third-order valence-corrected chi connectivity index (χ3v) is 3.45. The van der Waals surface area contributed by atoms with Crippen molar-refractivity contribution in [2.45, 2.75) is 38.8 Å². The van der Waals surface area contributed by atoms with E-state index < -0.39 is 0 Å². The van der Waals surface area contributed by atoms with Gasteiger partial charge < -0.3 is 10.0 Å². The zero-order valence-corrected chi connectivity index (χ0v) is 11.1. The normalized spacial score (nSPS) is 28.0. The van der Waals surface area contributed by atoms with Crippen molar-refractivity contribution >= 4 is 0 Å². The third kappa shape index (κ3) is 3.58. The van der Waals surface area contributed by atoms with Crippen molar-refractivity contribution in [1.82, 2.24) is 9.80 Å². The second-order valence-corrected chi connectivity index (χ2v) is 5.08. The summed E-state index contributed by atoms with van der Waals surface area (Å²) in [6.45, 7) is 6.71. The molecule has 1 fully saturated rings. The molecule has 0 saturated carbocycles. The molecule has 0 spiro atoms. The highest BCUT2D eigenvalue weighted by Gasteiger charge is 2.32. The van der Waals surface area contributed by atoms with Gasteiger partial charge in [0.25, 0.3) is 0 Å². The van der Waals surface area contributed by atoms with E-state index in [1.54, 1.807) is 0 Å². The monoisotopic (exact) mass is 226 g/mol. The molecule has 94 valence electrons. The van der Waals surface area contributed by atoms with E-state index in [9.17, 15) is 5.11 Å². The summed E-state index contributed by atoms with van der Waals surface area (Å²) in [5, 5.41) is 9.40. The van der Waals surface area contributed by atoms with Crippen LogP contribution in [0.2, 0.25) is 0 Å². The molecule has 0 bridgehead atoms. The van der Waals surface area contributed by atoms with Crippen LogP contribution >= 0.6 is 0 Å². The molecule has 0 aromatic heterocycles. The van der Waals surface area contributed by atoms with Crippen LogP contribution in [0.3, 0.4) is 0 Å². The maximum Gasteiger partial charge on any atom is 0.0587 e. The second kappa shape index (κ2) is 6.38. The zero-order chi connectivity index (χ0) is 12.1. The van der Waals surface area contributed by atoms with E-state index in [4.69, 9.17) is 0 Å². The lowest BCUT2D eigenvalue weighted by molar-refractivity contribution is 0.167. The summed E-state index contributed by atoms with van der Waals surface area (Å²) in [6, 6.07) is 0.930. The van der Waals surface area contributed by atoms with Crippen LogP contribution < -0.4 is 0 Å². The number of hydrogen-bond acceptors (Lipinski definition) is 3. The number of aliphatic hydroxyl groups is 1. The Morgan fingerprint density at radius 3 is 2.69 bits per heavy atom. The first-order chi connectivity index (χ1) is 7.58. The summed E-state index contributed by atoms with van der Waals surface area (Å²) >= 11 is 0.